The zero-order valence-electron chi connectivity index (χ0n) is 15.8. The van der Waals surface area contributed by atoms with Gasteiger partial charge in [0.2, 0.25) is 5.91 Å². The van der Waals surface area contributed by atoms with E-state index in [0.29, 0.717) is 18.7 Å². The second-order valence-corrected chi connectivity index (χ2v) is 6.83. The third-order valence-corrected chi connectivity index (χ3v) is 5.00. The molecular formula is C22H26N4O. The molecule has 2 aromatic carbocycles. The van der Waals surface area contributed by atoms with Crippen LogP contribution in [0.3, 0.4) is 0 Å². The number of carbonyl (C=O) groups is 1. The number of rotatable bonds is 6. The SMILES string of the molecule is CCN(C(=O)CN1CCN(Cc2ccc(C#N)cc2)CC1)c1ccccc1. The van der Waals surface area contributed by atoms with Crippen LogP contribution in [0.4, 0.5) is 5.69 Å². The van der Waals surface area contributed by atoms with Crippen LogP contribution in [-0.4, -0.2) is 55.0 Å². The predicted molar refractivity (Wildman–Crippen MR) is 107 cm³/mol. The van der Waals surface area contributed by atoms with E-state index >= 15 is 0 Å². The van der Waals surface area contributed by atoms with Gasteiger partial charge >= 0.3 is 0 Å². The van der Waals surface area contributed by atoms with Gasteiger partial charge in [0.1, 0.15) is 0 Å². The van der Waals surface area contributed by atoms with E-state index in [1.807, 2.05) is 66.4 Å². The van der Waals surface area contributed by atoms with Crippen molar-refractivity contribution in [3.05, 3.63) is 65.7 Å². The van der Waals surface area contributed by atoms with Gasteiger partial charge in [0.05, 0.1) is 18.2 Å². The molecule has 140 valence electrons. The van der Waals surface area contributed by atoms with Crippen LogP contribution in [0.15, 0.2) is 54.6 Å². The van der Waals surface area contributed by atoms with Gasteiger partial charge in [-0.25, -0.2) is 0 Å². The summed E-state index contributed by atoms with van der Waals surface area (Å²) in [5.41, 5.74) is 2.88. The molecule has 1 fully saturated rings. The fraction of sp³-hybridized carbons (Fsp3) is 0.364. The van der Waals surface area contributed by atoms with Gasteiger partial charge in [-0.15, -0.1) is 0 Å². The first kappa shape index (κ1) is 19.1. The van der Waals surface area contributed by atoms with Gasteiger partial charge in [0.15, 0.2) is 0 Å². The quantitative estimate of drug-likeness (QED) is 0.793. The van der Waals surface area contributed by atoms with Crippen LogP contribution in [0.5, 0.6) is 0 Å². The number of anilines is 1. The first-order valence-corrected chi connectivity index (χ1v) is 9.48. The molecule has 0 spiro atoms. The number of carbonyl (C=O) groups excluding carboxylic acids is 1. The molecule has 27 heavy (non-hydrogen) atoms. The van der Waals surface area contributed by atoms with E-state index in [1.165, 1.54) is 5.56 Å². The van der Waals surface area contributed by atoms with E-state index in [0.717, 1.165) is 38.4 Å². The average molecular weight is 362 g/mol. The molecule has 1 aliphatic heterocycles. The van der Waals surface area contributed by atoms with Crippen LogP contribution in [0.2, 0.25) is 0 Å². The Bertz CT molecular complexity index is 774. The number of likely N-dealkylation sites (N-methyl/N-ethyl adjacent to an activating group) is 1. The van der Waals surface area contributed by atoms with E-state index in [1.54, 1.807) is 0 Å². The first-order chi connectivity index (χ1) is 13.2. The number of nitriles is 1. The minimum absolute atomic E-state index is 0.157. The second kappa shape index (κ2) is 9.31. The third-order valence-electron chi connectivity index (χ3n) is 5.00. The molecule has 0 radical (unpaired) electrons. The van der Waals surface area contributed by atoms with Gasteiger partial charge < -0.3 is 4.90 Å². The Labute approximate surface area is 161 Å². The number of amides is 1. The summed E-state index contributed by atoms with van der Waals surface area (Å²) in [6.45, 7) is 7.74. The minimum Gasteiger partial charge on any atom is -0.312 e. The van der Waals surface area contributed by atoms with Gasteiger partial charge in [-0.3, -0.25) is 14.6 Å². The molecule has 5 heteroatoms. The van der Waals surface area contributed by atoms with Crippen molar-refractivity contribution in [2.45, 2.75) is 13.5 Å². The molecule has 0 atom stereocenters. The largest absolute Gasteiger partial charge is 0.312 e. The normalized spacial score (nSPS) is 15.3. The number of para-hydroxylation sites is 1. The molecule has 0 bridgehead atoms. The second-order valence-electron chi connectivity index (χ2n) is 6.83. The molecule has 1 heterocycles. The highest BCUT2D eigenvalue weighted by Crippen LogP contribution is 2.14. The predicted octanol–water partition coefficient (Wildman–Crippen LogP) is 2.73. The van der Waals surface area contributed by atoms with Crippen LogP contribution >= 0.6 is 0 Å². The molecule has 0 N–H and O–H groups in total. The fourth-order valence-corrected chi connectivity index (χ4v) is 3.44. The Hall–Kier alpha value is -2.68. The monoisotopic (exact) mass is 362 g/mol. The highest BCUT2D eigenvalue weighted by atomic mass is 16.2. The van der Waals surface area contributed by atoms with Crippen LogP contribution < -0.4 is 4.90 Å². The first-order valence-electron chi connectivity index (χ1n) is 9.48. The average Bonchev–Trinajstić information content (AvgIpc) is 2.71. The summed E-state index contributed by atoms with van der Waals surface area (Å²) in [7, 11) is 0. The van der Waals surface area contributed by atoms with E-state index < -0.39 is 0 Å². The topological polar surface area (TPSA) is 50.6 Å². The number of hydrogen-bond donors (Lipinski definition) is 0. The number of benzene rings is 2. The molecule has 0 saturated carbocycles. The van der Waals surface area contributed by atoms with Crippen molar-refractivity contribution < 1.29 is 4.79 Å². The maximum Gasteiger partial charge on any atom is 0.241 e. The minimum atomic E-state index is 0.157. The Morgan fingerprint density at radius 2 is 1.63 bits per heavy atom. The maximum atomic E-state index is 12.7. The molecular weight excluding hydrogens is 336 g/mol. The number of hydrogen-bond acceptors (Lipinski definition) is 4. The zero-order chi connectivity index (χ0) is 19.1. The van der Waals surface area contributed by atoms with Crippen molar-refractivity contribution in [2.75, 3.05) is 44.2 Å². The van der Waals surface area contributed by atoms with Gasteiger partial charge in [-0.05, 0) is 36.8 Å². The Morgan fingerprint density at radius 1 is 1.00 bits per heavy atom. The molecule has 0 aliphatic carbocycles. The molecule has 5 nitrogen and oxygen atoms in total. The molecule has 0 aromatic heterocycles. The van der Waals surface area contributed by atoms with Crippen LogP contribution in [0, 0.1) is 11.3 Å². The summed E-state index contributed by atoms with van der Waals surface area (Å²) >= 11 is 0. The van der Waals surface area contributed by atoms with Crippen molar-refractivity contribution >= 4 is 11.6 Å². The lowest BCUT2D eigenvalue weighted by Crippen LogP contribution is -2.49. The summed E-state index contributed by atoms with van der Waals surface area (Å²) < 4.78 is 0. The van der Waals surface area contributed by atoms with Crippen molar-refractivity contribution in [2.24, 2.45) is 0 Å². The Balaban J connectivity index is 1.48. The van der Waals surface area contributed by atoms with Gasteiger partial charge in [-0.2, -0.15) is 5.26 Å². The fourth-order valence-electron chi connectivity index (χ4n) is 3.44. The van der Waals surface area contributed by atoms with Crippen molar-refractivity contribution in [3.8, 4) is 6.07 Å². The highest BCUT2D eigenvalue weighted by molar-refractivity contribution is 5.94. The Kier molecular flexibility index (Phi) is 6.59. The van der Waals surface area contributed by atoms with E-state index in [9.17, 15) is 4.79 Å². The summed E-state index contributed by atoms with van der Waals surface area (Å²) in [5.74, 6) is 0.157. The lowest BCUT2D eigenvalue weighted by molar-refractivity contribution is -0.120. The number of piperazine rings is 1. The van der Waals surface area contributed by atoms with Gasteiger partial charge in [0, 0.05) is 45.0 Å². The third kappa shape index (κ3) is 5.16. The zero-order valence-corrected chi connectivity index (χ0v) is 15.8. The highest BCUT2D eigenvalue weighted by Gasteiger charge is 2.22. The molecule has 2 aromatic rings. The molecule has 0 unspecified atom stereocenters. The summed E-state index contributed by atoms with van der Waals surface area (Å²) in [6, 6.07) is 19.8. The van der Waals surface area contributed by atoms with Crippen LogP contribution in [0.25, 0.3) is 0 Å². The Morgan fingerprint density at radius 3 is 2.22 bits per heavy atom. The van der Waals surface area contributed by atoms with E-state index in [4.69, 9.17) is 5.26 Å². The molecule has 1 aliphatic rings. The van der Waals surface area contributed by atoms with Gasteiger partial charge in [-0.1, -0.05) is 30.3 Å². The smallest absolute Gasteiger partial charge is 0.241 e. The maximum absolute atomic E-state index is 12.7. The van der Waals surface area contributed by atoms with Crippen molar-refractivity contribution in [3.63, 3.8) is 0 Å². The van der Waals surface area contributed by atoms with Crippen LogP contribution in [0.1, 0.15) is 18.1 Å². The van der Waals surface area contributed by atoms with E-state index in [2.05, 4.69) is 15.9 Å². The lowest BCUT2D eigenvalue weighted by atomic mass is 10.1. The molecule has 1 amide bonds. The summed E-state index contributed by atoms with van der Waals surface area (Å²) in [5, 5.41) is 8.88. The molecule has 3 rings (SSSR count). The molecule has 1 saturated heterocycles. The standard InChI is InChI=1S/C22H26N4O/c1-2-26(21-6-4-3-5-7-21)22(27)18-25-14-12-24(13-15-25)17-20-10-8-19(16-23)9-11-20/h3-11H,2,12-15,17-18H2,1H3. The lowest BCUT2D eigenvalue weighted by Gasteiger charge is -2.35. The van der Waals surface area contributed by atoms with Crippen molar-refractivity contribution in [1.82, 2.24) is 9.80 Å². The van der Waals surface area contributed by atoms with Crippen molar-refractivity contribution in [1.29, 1.82) is 5.26 Å². The van der Waals surface area contributed by atoms with Crippen LogP contribution in [-0.2, 0) is 11.3 Å². The summed E-state index contributed by atoms with van der Waals surface area (Å²) in [6.07, 6.45) is 0. The van der Waals surface area contributed by atoms with E-state index in [-0.39, 0.29) is 5.91 Å². The van der Waals surface area contributed by atoms with Gasteiger partial charge in [0.25, 0.3) is 0 Å². The summed E-state index contributed by atoms with van der Waals surface area (Å²) in [4.78, 5) is 19.2. The number of nitrogens with zero attached hydrogens (tertiary/aromatic N) is 4.